The first kappa shape index (κ1) is 12.6. The molecule has 3 N–H and O–H groups in total. The predicted molar refractivity (Wildman–Crippen MR) is 66.5 cm³/mol. The molecule has 1 aliphatic carbocycles. The number of nitrogens with one attached hydrogen (secondary N) is 2. The topological polar surface area (TPSA) is 95.1 Å². The molecule has 6 nitrogen and oxygen atoms in total. The molecule has 0 atom stereocenters. The lowest BCUT2D eigenvalue weighted by atomic mass is 9.74. The molecule has 18 heavy (non-hydrogen) atoms. The maximum absolute atomic E-state index is 11.4. The van der Waals surface area contributed by atoms with Gasteiger partial charge >= 0.3 is 5.97 Å². The van der Waals surface area contributed by atoms with Crippen LogP contribution in [0.4, 0.5) is 5.82 Å². The van der Waals surface area contributed by atoms with Crippen molar-refractivity contribution in [3.63, 3.8) is 0 Å². The number of aromatic nitrogens is 2. The number of nitrogens with zero attached hydrogens (tertiary/aromatic N) is 1. The third-order valence-electron chi connectivity index (χ3n) is 3.55. The van der Waals surface area contributed by atoms with E-state index in [2.05, 4.69) is 15.3 Å². The molecule has 0 unspecified atom stereocenters. The third-order valence-corrected chi connectivity index (χ3v) is 3.55. The van der Waals surface area contributed by atoms with E-state index >= 15 is 0 Å². The highest BCUT2D eigenvalue weighted by Crippen LogP contribution is 2.36. The average Bonchev–Trinajstić information content (AvgIpc) is 2.37. The number of hydrogen-bond donors (Lipinski definition) is 3. The van der Waals surface area contributed by atoms with Gasteiger partial charge in [0.15, 0.2) is 0 Å². The average molecular weight is 251 g/mol. The maximum atomic E-state index is 11.4. The Kier molecular flexibility index (Phi) is 3.64. The van der Waals surface area contributed by atoms with Gasteiger partial charge in [0.2, 0.25) is 0 Å². The molecule has 0 bridgehead atoms. The van der Waals surface area contributed by atoms with Crippen LogP contribution >= 0.6 is 0 Å². The van der Waals surface area contributed by atoms with Gasteiger partial charge in [-0.25, -0.2) is 4.98 Å². The summed E-state index contributed by atoms with van der Waals surface area (Å²) in [4.78, 5) is 28.9. The zero-order valence-electron chi connectivity index (χ0n) is 10.1. The quantitative estimate of drug-likeness (QED) is 0.747. The molecule has 6 heteroatoms. The number of rotatable bonds is 4. The summed E-state index contributed by atoms with van der Waals surface area (Å²) in [7, 11) is 0. The number of carboxylic acid groups (broad SMARTS) is 1. The van der Waals surface area contributed by atoms with Crippen molar-refractivity contribution in [3.8, 4) is 0 Å². The molecule has 0 aliphatic heterocycles. The number of carbonyl (C=O) groups is 1. The van der Waals surface area contributed by atoms with Crippen molar-refractivity contribution in [1.82, 2.24) is 9.97 Å². The molecule has 1 aliphatic rings. The van der Waals surface area contributed by atoms with Crippen LogP contribution in [-0.4, -0.2) is 27.6 Å². The standard InChI is InChI=1S/C12H17N3O3/c16-10-6-9(14-8-15-10)13-7-12(11(17)18)4-2-1-3-5-12/h6,8H,1-5,7H2,(H,17,18)(H2,13,14,15,16). The van der Waals surface area contributed by atoms with Crippen LogP contribution in [0.3, 0.4) is 0 Å². The largest absolute Gasteiger partial charge is 0.481 e. The van der Waals surface area contributed by atoms with Crippen LogP contribution in [0.1, 0.15) is 32.1 Å². The Balaban J connectivity index is 2.06. The first-order valence-electron chi connectivity index (χ1n) is 6.14. The van der Waals surface area contributed by atoms with Gasteiger partial charge in [-0.05, 0) is 12.8 Å². The smallest absolute Gasteiger partial charge is 0.311 e. The van der Waals surface area contributed by atoms with E-state index in [1.807, 2.05) is 0 Å². The summed E-state index contributed by atoms with van der Waals surface area (Å²) < 4.78 is 0. The molecular formula is C12H17N3O3. The Morgan fingerprint density at radius 2 is 2.17 bits per heavy atom. The number of aromatic amines is 1. The Morgan fingerprint density at radius 3 is 2.78 bits per heavy atom. The molecule has 0 amide bonds. The molecule has 1 saturated carbocycles. The first-order chi connectivity index (χ1) is 8.62. The van der Waals surface area contributed by atoms with Crippen LogP contribution in [0.25, 0.3) is 0 Å². The fourth-order valence-electron chi connectivity index (χ4n) is 2.42. The summed E-state index contributed by atoms with van der Waals surface area (Å²) in [6.07, 6.45) is 5.64. The molecule has 1 aromatic rings. The highest BCUT2D eigenvalue weighted by atomic mass is 16.4. The monoisotopic (exact) mass is 251 g/mol. The van der Waals surface area contributed by atoms with Gasteiger partial charge in [-0.3, -0.25) is 9.59 Å². The maximum Gasteiger partial charge on any atom is 0.311 e. The van der Waals surface area contributed by atoms with Crippen molar-refractivity contribution in [3.05, 3.63) is 22.7 Å². The van der Waals surface area contributed by atoms with Crippen LogP contribution in [0.2, 0.25) is 0 Å². The zero-order valence-corrected chi connectivity index (χ0v) is 10.1. The molecule has 0 radical (unpaired) electrons. The van der Waals surface area contributed by atoms with Crippen LogP contribution in [-0.2, 0) is 4.79 Å². The summed E-state index contributed by atoms with van der Waals surface area (Å²) in [5, 5.41) is 12.4. The van der Waals surface area contributed by atoms with E-state index in [0.717, 1.165) is 19.3 Å². The van der Waals surface area contributed by atoms with Crippen molar-refractivity contribution < 1.29 is 9.90 Å². The van der Waals surface area contributed by atoms with Gasteiger partial charge in [0, 0.05) is 12.6 Å². The minimum Gasteiger partial charge on any atom is -0.481 e. The summed E-state index contributed by atoms with van der Waals surface area (Å²) in [5.74, 6) is -0.343. The highest BCUT2D eigenvalue weighted by molar-refractivity contribution is 5.75. The second kappa shape index (κ2) is 5.20. The van der Waals surface area contributed by atoms with Crippen molar-refractivity contribution in [2.24, 2.45) is 5.41 Å². The first-order valence-corrected chi connectivity index (χ1v) is 6.14. The SMILES string of the molecule is O=C(O)C1(CNc2cc(=O)[nH]cn2)CCCCC1. The van der Waals surface area contributed by atoms with Crippen LogP contribution in [0, 0.1) is 5.41 Å². The lowest BCUT2D eigenvalue weighted by molar-refractivity contribution is -0.150. The Morgan fingerprint density at radius 1 is 1.44 bits per heavy atom. The molecule has 1 aromatic heterocycles. The fraction of sp³-hybridized carbons (Fsp3) is 0.583. The number of H-pyrrole nitrogens is 1. The third kappa shape index (κ3) is 2.69. The van der Waals surface area contributed by atoms with E-state index in [1.165, 1.54) is 12.4 Å². The summed E-state index contributed by atoms with van der Waals surface area (Å²) in [6.45, 7) is 0.318. The summed E-state index contributed by atoms with van der Waals surface area (Å²) in [6, 6.07) is 1.33. The molecule has 98 valence electrons. The minimum absolute atomic E-state index is 0.250. The number of hydrogen-bond acceptors (Lipinski definition) is 4. The molecule has 2 rings (SSSR count). The van der Waals surface area contributed by atoms with Crippen LogP contribution < -0.4 is 10.9 Å². The van der Waals surface area contributed by atoms with Crippen LogP contribution in [0.5, 0.6) is 0 Å². The van der Waals surface area contributed by atoms with E-state index in [-0.39, 0.29) is 5.56 Å². The van der Waals surface area contributed by atoms with E-state index in [4.69, 9.17) is 0 Å². The van der Waals surface area contributed by atoms with Crippen molar-refractivity contribution in [1.29, 1.82) is 0 Å². The van der Waals surface area contributed by atoms with E-state index < -0.39 is 11.4 Å². The highest BCUT2D eigenvalue weighted by Gasteiger charge is 2.39. The second-order valence-corrected chi connectivity index (χ2v) is 4.80. The van der Waals surface area contributed by atoms with Crippen molar-refractivity contribution in [2.75, 3.05) is 11.9 Å². The molecule has 1 heterocycles. The van der Waals surface area contributed by atoms with E-state index in [9.17, 15) is 14.7 Å². The van der Waals surface area contributed by atoms with Crippen molar-refractivity contribution in [2.45, 2.75) is 32.1 Å². The molecule has 1 fully saturated rings. The lowest BCUT2D eigenvalue weighted by Gasteiger charge is -2.33. The second-order valence-electron chi connectivity index (χ2n) is 4.80. The summed E-state index contributed by atoms with van der Waals surface area (Å²) in [5.41, 5.74) is -0.969. The number of carboxylic acids is 1. The van der Waals surface area contributed by atoms with Gasteiger partial charge in [0.1, 0.15) is 5.82 Å². The zero-order chi connectivity index (χ0) is 13.0. The molecule has 0 spiro atoms. The van der Waals surface area contributed by atoms with Gasteiger partial charge in [0.05, 0.1) is 11.7 Å². The minimum atomic E-state index is -0.764. The number of anilines is 1. The normalized spacial score (nSPS) is 18.2. The Labute approximate surface area is 104 Å². The van der Waals surface area contributed by atoms with Crippen LogP contribution in [0.15, 0.2) is 17.2 Å². The molecular weight excluding hydrogens is 234 g/mol. The van der Waals surface area contributed by atoms with Crippen molar-refractivity contribution >= 4 is 11.8 Å². The van der Waals surface area contributed by atoms with E-state index in [1.54, 1.807) is 0 Å². The van der Waals surface area contributed by atoms with Gasteiger partial charge in [-0.2, -0.15) is 0 Å². The van der Waals surface area contributed by atoms with E-state index in [0.29, 0.717) is 25.2 Å². The van der Waals surface area contributed by atoms with Gasteiger partial charge in [-0.15, -0.1) is 0 Å². The number of aliphatic carboxylic acids is 1. The van der Waals surface area contributed by atoms with Gasteiger partial charge in [-0.1, -0.05) is 19.3 Å². The fourth-order valence-corrected chi connectivity index (χ4v) is 2.42. The lowest BCUT2D eigenvalue weighted by Crippen LogP contribution is -2.39. The Bertz CT molecular complexity index is 477. The predicted octanol–water partition coefficient (Wildman–Crippen LogP) is 1.22. The van der Waals surface area contributed by atoms with Gasteiger partial charge < -0.3 is 15.4 Å². The van der Waals surface area contributed by atoms with Gasteiger partial charge in [0.25, 0.3) is 5.56 Å². The molecule has 0 saturated heterocycles. The Hall–Kier alpha value is -1.85. The molecule has 0 aromatic carbocycles. The summed E-state index contributed by atoms with van der Waals surface area (Å²) >= 11 is 0.